The third-order valence-corrected chi connectivity index (χ3v) is 3.72. The van der Waals surface area contributed by atoms with Gasteiger partial charge in [-0.15, -0.1) is 0 Å². The van der Waals surface area contributed by atoms with E-state index in [0.29, 0.717) is 0 Å². The maximum absolute atomic E-state index is 12.0. The molecule has 0 amide bonds. The topological polar surface area (TPSA) is 103 Å². The molecule has 1 heterocycles. The Morgan fingerprint density at radius 3 is 2.11 bits per heavy atom. The molecule has 0 unspecified atom stereocenters. The number of benzene rings is 1. The first-order valence-corrected chi connectivity index (χ1v) is 6.27. The summed E-state index contributed by atoms with van der Waals surface area (Å²) >= 11 is 0. The van der Waals surface area contributed by atoms with Gasteiger partial charge >= 0.3 is 0 Å². The van der Waals surface area contributed by atoms with Crippen LogP contribution in [0.4, 0.5) is 5.69 Å². The second-order valence-corrected chi connectivity index (χ2v) is 5.13. The molecule has 0 saturated heterocycles. The van der Waals surface area contributed by atoms with Gasteiger partial charge in [-0.25, -0.2) is 18.4 Å². The number of nitro groups is 1. The first-order chi connectivity index (χ1) is 8.51. The molecule has 2 aromatic rings. The minimum atomic E-state index is -3.83. The van der Waals surface area contributed by atoms with Crippen LogP contribution in [0, 0.1) is 10.1 Å². The molecule has 0 radical (unpaired) electrons. The number of non-ortho nitro benzene ring substituents is 1. The van der Waals surface area contributed by atoms with Crippen molar-refractivity contribution in [1.82, 2.24) is 9.97 Å². The van der Waals surface area contributed by atoms with Crippen molar-refractivity contribution in [1.29, 1.82) is 0 Å². The Morgan fingerprint density at radius 2 is 1.61 bits per heavy atom. The summed E-state index contributed by atoms with van der Waals surface area (Å²) in [5, 5.41) is 10.1. The molecule has 92 valence electrons. The third-order valence-electron chi connectivity index (χ3n) is 2.14. The molecule has 1 aromatic heterocycles. The molecule has 1 aromatic carbocycles. The average molecular weight is 265 g/mol. The molecule has 0 fully saturated rings. The van der Waals surface area contributed by atoms with Crippen LogP contribution in [-0.4, -0.2) is 23.3 Å². The van der Waals surface area contributed by atoms with E-state index in [2.05, 4.69) is 9.97 Å². The SMILES string of the molecule is O=[N+]([O-])c1ccc(S(=O)(=O)c2ncccn2)cc1. The van der Waals surface area contributed by atoms with Crippen molar-refractivity contribution in [2.75, 3.05) is 0 Å². The summed E-state index contributed by atoms with van der Waals surface area (Å²) in [6.45, 7) is 0. The van der Waals surface area contributed by atoms with Crippen LogP contribution in [0.15, 0.2) is 52.8 Å². The molecule has 2 rings (SSSR count). The van der Waals surface area contributed by atoms with Gasteiger partial charge in [0, 0.05) is 24.5 Å². The number of nitro benzene ring substituents is 1. The van der Waals surface area contributed by atoms with Crippen LogP contribution in [0.1, 0.15) is 0 Å². The van der Waals surface area contributed by atoms with E-state index in [1.807, 2.05) is 0 Å². The lowest BCUT2D eigenvalue weighted by Gasteiger charge is -2.01. The van der Waals surface area contributed by atoms with Gasteiger partial charge in [-0.05, 0) is 18.2 Å². The van der Waals surface area contributed by atoms with E-state index in [9.17, 15) is 18.5 Å². The second-order valence-electron chi connectivity index (χ2n) is 3.29. The Balaban J connectivity index is 2.46. The molecular formula is C10H7N3O4S. The predicted octanol–water partition coefficient (Wildman–Crippen LogP) is 1.22. The van der Waals surface area contributed by atoms with E-state index in [0.717, 1.165) is 24.3 Å². The van der Waals surface area contributed by atoms with Gasteiger partial charge in [0.25, 0.3) is 10.8 Å². The van der Waals surface area contributed by atoms with Gasteiger partial charge in [0.2, 0.25) is 9.84 Å². The molecule has 0 aliphatic heterocycles. The number of nitrogens with zero attached hydrogens (tertiary/aromatic N) is 3. The van der Waals surface area contributed by atoms with Crippen LogP contribution in [-0.2, 0) is 9.84 Å². The minimum absolute atomic E-state index is 0.0840. The van der Waals surface area contributed by atoms with Crippen molar-refractivity contribution < 1.29 is 13.3 Å². The molecule has 0 bridgehead atoms. The summed E-state index contributed by atoms with van der Waals surface area (Å²) in [5.41, 5.74) is -0.178. The number of aromatic nitrogens is 2. The van der Waals surface area contributed by atoms with Gasteiger partial charge in [0.15, 0.2) is 0 Å². The summed E-state index contributed by atoms with van der Waals surface area (Å²) in [5.74, 6) is 0. The molecule has 0 saturated carbocycles. The summed E-state index contributed by atoms with van der Waals surface area (Å²) in [7, 11) is -3.83. The van der Waals surface area contributed by atoms with Crippen LogP contribution in [0.25, 0.3) is 0 Å². The first kappa shape index (κ1) is 12.1. The monoisotopic (exact) mass is 265 g/mol. The molecule has 0 aliphatic carbocycles. The highest BCUT2D eigenvalue weighted by molar-refractivity contribution is 7.91. The zero-order chi connectivity index (χ0) is 13.2. The Kier molecular flexibility index (Phi) is 3.02. The number of sulfone groups is 1. The van der Waals surface area contributed by atoms with Crippen LogP contribution < -0.4 is 0 Å². The quantitative estimate of drug-likeness (QED) is 0.469. The van der Waals surface area contributed by atoms with Crippen molar-refractivity contribution >= 4 is 15.5 Å². The van der Waals surface area contributed by atoms with Crippen molar-refractivity contribution in [2.24, 2.45) is 0 Å². The highest BCUT2D eigenvalue weighted by Gasteiger charge is 2.21. The summed E-state index contributed by atoms with van der Waals surface area (Å²) in [6, 6.07) is 6.05. The van der Waals surface area contributed by atoms with Crippen LogP contribution in [0.5, 0.6) is 0 Å². The molecular weight excluding hydrogens is 258 g/mol. The van der Waals surface area contributed by atoms with Gasteiger partial charge in [0.05, 0.1) is 9.82 Å². The van der Waals surface area contributed by atoms with Crippen LogP contribution in [0.2, 0.25) is 0 Å². The van der Waals surface area contributed by atoms with E-state index >= 15 is 0 Å². The molecule has 0 atom stereocenters. The fourth-order valence-electron chi connectivity index (χ4n) is 1.28. The highest BCUT2D eigenvalue weighted by Crippen LogP contribution is 2.20. The largest absolute Gasteiger partial charge is 0.269 e. The highest BCUT2D eigenvalue weighted by atomic mass is 32.2. The number of hydrogen-bond acceptors (Lipinski definition) is 6. The average Bonchev–Trinajstić information content (AvgIpc) is 2.40. The zero-order valence-electron chi connectivity index (χ0n) is 8.92. The summed E-state index contributed by atoms with van der Waals surface area (Å²) in [4.78, 5) is 17.1. The Morgan fingerprint density at radius 1 is 1.06 bits per heavy atom. The van der Waals surface area contributed by atoms with Crippen molar-refractivity contribution in [3.63, 3.8) is 0 Å². The lowest BCUT2D eigenvalue weighted by atomic mass is 10.3. The maximum Gasteiger partial charge on any atom is 0.269 e. The normalized spacial score (nSPS) is 11.1. The predicted molar refractivity (Wildman–Crippen MR) is 60.6 cm³/mol. The van der Waals surface area contributed by atoms with Gasteiger partial charge in [0.1, 0.15) is 0 Å². The first-order valence-electron chi connectivity index (χ1n) is 4.78. The minimum Gasteiger partial charge on any atom is -0.258 e. The Labute approximate surface area is 102 Å². The van der Waals surface area contributed by atoms with E-state index in [1.54, 1.807) is 0 Å². The van der Waals surface area contributed by atoms with E-state index in [-0.39, 0.29) is 15.7 Å². The summed E-state index contributed by atoms with van der Waals surface area (Å²) in [6.07, 6.45) is 2.62. The third kappa shape index (κ3) is 2.18. The fraction of sp³-hybridized carbons (Fsp3) is 0. The maximum atomic E-state index is 12.0. The van der Waals surface area contributed by atoms with Gasteiger partial charge in [-0.3, -0.25) is 10.1 Å². The van der Waals surface area contributed by atoms with Crippen LogP contribution >= 0.6 is 0 Å². The molecule has 0 aliphatic rings. The fourth-order valence-corrected chi connectivity index (χ4v) is 2.38. The molecule has 8 heteroatoms. The van der Waals surface area contributed by atoms with Crippen molar-refractivity contribution in [2.45, 2.75) is 10.1 Å². The molecule has 0 N–H and O–H groups in total. The lowest BCUT2D eigenvalue weighted by Crippen LogP contribution is -2.06. The smallest absolute Gasteiger partial charge is 0.258 e. The number of rotatable bonds is 3. The zero-order valence-corrected chi connectivity index (χ0v) is 9.74. The van der Waals surface area contributed by atoms with Gasteiger partial charge in [-0.2, -0.15) is 0 Å². The molecule has 0 spiro atoms. The molecule has 18 heavy (non-hydrogen) atoms. The lowest BCUT2D eigenvalue weighted by molar-refractivity contribution is -0.384. The second kappa shape index (κ2) is 4.49. The molecule has 7 nitrogen and oxygen atoms in total. The standard InChI is InChI=1S/C10H7N3O4S/c14-13(15)8-2-4-9(5-3-8)18(16,17)10-11-6-1-7-12-10/h1-7H. The summed E-state index contributed by atoms with van der Waals surface area (Å²) < 4.78 is 24.0. The Hall–Kier alpha value is -2.35. The number of hydrogen-bond donors (Lipinski definition) is 0. The van der Waals surface area contributed by atoms with E-state index < -0.39 is 14.8 Å². The van der Waals surface area contributed by atoms with E-state index in [1.165, 1.54) is 18.5 Å². The van der Waals surface area contributed by atoms with Crippen LogP contribution in [0.3, 0.4) is 0 Å². The van der Waals surface area contributed by atoms with Crippen molar-refractivity contribution in [3.8, 4) is 0 Å². The Bertz CT molecular complexity index is 668. The van der Waals surface area contributed by atoms with Gasteiger partial charge in [-0.1, -0.05) is 0 Å². The van der Waals surface area contributed by atoms with E-state index in [4.69, 9.17) is 0 Å². The van der Waals surface area contributed by atoms with Crippen molar-refractivity contribution in [3.05, 3.63) is 52.8 Å². The van der Waals surface area contributed by atoms with Gasteiger partial charge < -0.3 is 0 Å².